The lowest BCUT2D eigenvalue weighted by Crippen LogP contribution is -1.58. The van der Waals surface area contributed by atoms with Crippen LogP contribution in [-0.4, -0.2) is 9.38 Å². The number of hydrogen-bond acceptors (Lipinski definition) is 2. The summed E-state index contributed by atoms with van der Waals surface area (Å²) in [4.78, 5) is 0. The Morgan fingerprint density at radius 2 is 2.12 bits per heavy atom. The zero-order chi connectivity index (χ0) is 5.66. The van der Waals surface area contributed by atoms with Gasteiger partial charge in [0, 0.05) is 0 Å². The summed E-state index contributed by atoms with van der Waals surface area (Å²) in [6, 6.07) is 5.61. The van der Waals surface area contributed by atoms with Crippen molar-refractivity contribution in [2.75, 3.05) is 0 Å². The van der Waals surface area contributed by atoms with E-state index in [1.165, 1.54) is 6.26 Å². The first-order chi connectivity index (χ1) is 4.00. The van der Waals surface area contributed by atoms with Crippen LogP contribution in [0, 0.1) is 0 Å². The monoisotopic (exact) mass is 126 g/mol. The van der Waals surface area contributed by atoms with Gasteiger partial charge in [-0.15, -0.1) is 0 Å². The highest BCUT2D eigenvalue weighted by Gasteiger charge is 1.61. The number of rotatable bonds is 0. The first-order valence-corrected chi connectivity index (χ1v) is 3.44. The predicted molar refractivity (Wildman–Crippen MR) is 31.3 cm³/mol. The molecule has 1 aromatic heterocycles. The van der Waals surface area contributed by atoms with E-state index in [1.807, 2.05) is 17.8 Å². The third-order valence-electron chi connectivity index (χ3n) is 0.657. The van der Waals surface area contributed by atoms with Crippen molar-refractivity contribution in [3.63, 3.8) is 0 Å². The van der Waals surface area contributed by atoms with Gasteiger partial charge >= 0.3 is 0 Å². The largest absolute Gasteiger partial charge is 0.372 e. The maximum Gasteiger partial charge on any atom is 0.291 e. The highest BCUT2D eigenvalue weighted by molar-refractivity contribution is 6.15. The van der Waals surface area contributed by atoms with Gasteiger partial charge in [0.2, 0.25) is 0 Å². The van der Waals surface area contributed by atoms with Crippen LogP contribution in [0.5, 0.6) is 0 Å². The Balaban J connectivity index is 3.00. The van der Waals surface area contributed by atoms with E-state index in [-0.39, 0.29) is 9.38 Å². The summed E-state index contributed by atoms with van der Waals surface area (Å²) in [6.07, 6.45) is 1.51. The summed E-state index contributed by atoms with van der Waals surface area (Å²) in [6.45, 7) is 0. The molecule has 0 fully saturated rings. The van der Waals surface area contributed by atoms with Gasteiger partial charge < -0.3 is 8.83 Å². The van der Waals surface area contributed by atoms with Crippen LogP contribution in [0.3, 0.4) is 0 Å². The van der Waals surface area contributed by atoms with Gasteiger partial charge in [0.15, 0.2) is 0 Å². The predicted octanol–water partition coefficient (Wildman–Crippen LogP) is 1.07. The van der Waals surface area contributed by atoms with E-state index >= 15 is 0 Å². The normalized spacial score (nSPS) is 8.00. The Morgan fingerprint density at radius 1 is 1.12 bits per heavy atom. The van der Waals surface area contributed by atoms with E-state index in [4.69, 9.17) is 0 Å². The van der Waals surface area contributed by atoms with Gasteiger partial charge in [-0.3, -0.25) is 0 Å². The fourth-order valence-electron chi connectivity index (χ4n) is 0.347. The summed E-state index contributed by atoms with van der Waals surface area (Å²) in [5, 5.41) is 0. The third-order valence-corrected chi connectivity index (χ3v) is 1.26. The summed E-state index contributed by atoms with van der Waals surface area (Å²) in [5.74, 6) is 0. The Labute approximate surface area is 49.3 Å². The van der Waals surface area contributed by atoms with Gasteiger partial charge in [0.1, 0.15) is 6.26 Å². The van der Waals surface area contributed by atoms with E-state index in [1.54, 1.807) is 6.07 Å². The van der Waals surface area contributed by atoms with Crippen LogP contribution in [0.15, 0.2) is 39.0 Å². The van der Waals surface area contributed by atoms with Crippen molar-refractivity contribution in [2.45, 2.75) is 0 Å². The minimum atomic E-state index is -0.114. The van der Waals surface area contributed by atoms with E-state index in [0.717, 1.165) is 0 Å². The molecule has 1 aromatic rings. The molecule has 0 aliphatic heterocycles. The summed E-state index contributed by atoms with van der Waals surface area (Å²) < 4.78 is 9.21. The standard InChI is InChI=1S/C5H6O2Si/c1-2-4-6-7-8-5-3-1/h1-5,8H. The lowest BCUT2D eigenvalue weighted by Gasteiger charge is -1.72. The average Bonchev–Trinajstić information content (AvgIpc) is 1.62. The second-order valence-corrected chi connectivity index (χ2v) is 2.08. The van der Waals surface area contributed by atoms with Gasteiger partial charge in [-0.1, -0.05) is 12.1 Å². The highest BCUT2D eigenvalue weighted by atomic mass is 28.2. The molecule has 0 aliphatic rings. The van der Waals surface area contributed by atoms with Gasteiger partial charge in [0.25, 0.3) is 9.38 Å². The zero-order valence-corrected chi connectivity index (χ0v) is 5.44. The maximum absolute atomic E-state index is 4.66. The molecule has 0 saturated carbocycles. The molecule has 0 spiro atoms. The minimum Gasteiger partial charge on any atom is -0.372 e. The van der Waals surface area contributed by atoms with Crippen molar-refractivity contribution < 1.29 is 8.83 Å². The van der Waals surface area contributed by atoms with Crippen LogP contribution < -0.4 is 0 Å². The van der Waals surface area contributed by atoms with E-state index in [2.05, 4.69) is 8.83 Å². The molecule has 2 nitrogen and oxygen atoms in total. The molecule has 0 atom stereocenters. The quantitative estimate of drug-likeness (QED) is 0.384. The fraction of sp³-hybridized carbons (Fsp3) is 0. The first kappa shape index (κ1) is 5.31. The maximum atomic E-state index is 4.66. The molecule has 0 unspecified atom stereocenters. The van der Waals surface area contributed by atoms with Gasteiger partial charge in [-0.05, 0) is 11.7 Å². The second kappa shape index (κ2) is 3.21. The van der Waals surface area contributed by atoms with Gasteiger partial charge in [0.05, 0.1) is 0 Å². The molecule has 0 aliphatic carbocycles. The Hall–Kier alpha value is -0.833. The van der Waals surface area contributed by atoms with Crippen molar-refractivity contribution in [1.29, 1.82) is 0 Å². The molecule has 0 bridgehead atoms. The van der Waals surface area contributed by atoms with E-state index in [9.17, 15) is 0 Å². The van der Waals surface area contributed by atoms with Gasteiger partial charge in [-0.2, -0.15) is 0 Å². The molecule has 1 rings (SSSR count). The van der Waals surface area contributed by atoms with Gasteiger partial charge in [-0.25, -0.2) is 0 Å². The molecule has 42 valence electrons. The molecule has 0 aromatic carbocycles. The van der Waals surface area contributed by atoms with E-state index in [0.29, 0.717) is 0 Å². The van der Waals surface area contributed by atoms with Crippen molar-refractivity contribution in [2.24, 2.45) is 0 Å². The molecule has 3 heteroatoms. The molecule has 0 N–H and O–H groups in total. The van der Waals surface area contributed by atoms with Crippen LogP contribution in [0.25, 0.3) is 0 Å². The second-order valence-electron chi connectivity index (χ2n) is 1.23. The van der Waals surface area contributed by atoms with Crippen LogP contribution in [0.1, 0.15) is 0 Å². The fourth-order valence-corrected chi connectivity index (χ4v) is 0.759. The third kappa shape index (κ3) is 1.75. The van der Waals surface area contributed by atoms with E-state index < -0.39 is 0 Å². The molecular weight excluding hydrogens is 120 g/mol. The van der Waals surface area contributed by atoms with Crippen molar-refractivity contribution in [3.8, 4) is 0 Å². The van der Waals surface area contributed by atoms with Crippen LogP contribution in [0.4, 0.5) is 0 Å². The topological polar surface area (TPSA) is 26.3 Å². The van der Waals surface area contributed by atoms with Crippen LogP contribution in [0.2, 0.25) is 0 Å². The van der Waals surface area contributed by atoms with Crippen molar-refractivity contribution in [3.05, 3.63) is 30.1 Å². The SMILES string of the molecule is c1ccoo[siH]cc1. The summed E-state index contributed by atoms with van der Waals surface area (Å²) in [5.41, 5.74) is 1.95. The molecule has 8 heavy (non-hydrogen) atoms. The first-order valence-electron chi connectivity index (χ1n) is 2.30. The molecule has 1 heterocycles. The highest BCUT2D eigenvalue weighted by Crippen LogP contribution is 1.75. The lowest BCUT2D eigenvalue weighted by atomic mass is 10.6. The summed E-state index contributed by atoms with van der Waals surface area (Å²) in [7, 11) is -0.114. The smallest absolute Gasteiger partial charge is 0.291 e. The number of hydrogen-bond donors (Lipinski definition) is 0. The Morgan fingerprint density at radius 3 is 3.12 bits per heavy atom. The Kier molecular flexibility index (Phi) is 2.13. The summed E-state index contributed by atoms with van der Waals surface area (Å²) >= 11 is 0. The molecule has 0 amide bonds. The van der Waals surface area contributed by atoms with Crippen molar-refractivity contribution >= 4 is 9.38 Å². The van der Waals surface area contributed by atoms with Crippen molar-refractivity contribution in [1.82, 2.24) is 0 Å². The lowest BCUT2D eigenvalue weighted by molar-refractivity contribution is 0.0914. The molecule has 0 radical (unpaired) electrons. The van der Waals surface area contributed by atoms with Crippen LogP contribution in [-0.2, 0) is 0 Å². The molecule has 0 saturated heterocycles. The zero-order valence-electron chi connectivity index (χ0n) is 4.28. The van der Waals surface area contributed by atoms with Crippen LogP contribution >= 0.6 is 0 Å². The average molecular weight is 126 g/mol. The minimum absolute atomic E-state index is 0.114. The molecular formula is C5H6O2Si. The Bertz CT molecular complexity index is 115.